The quantitative estimate of drug-likeness (QED) is 0.924. The topological polar surface area (TPSA) is 55.0 Å². The van der Waals surface area contributed by atoms with Gasteiger partial charge in [0.1, 0.15) is 0 Å². The Balaban J connectivity index is 1.87. The molecule has 0 spiro atoms. The monoisotopic (exact) mass is 268 g/mol. The molecular weight excluding hydrogens is 248 g/mol. The van der Waals surface area contributed by atoms with Gasteiger partial charge in [0.05, 0.1) is 0 Å². The van der Waals surface area contributed by atoms with Crippen LogP contribution in [0.4, 0.5) is 0 Å². The second-order valence-corrected chi connectivity index (χ2v) is 5.21. The fourth-order valence-electron chi connectivity index (χ4n) is 3.14. The van der Waals surface area contributed by atoms with Crippen molar-refractivity contribution in [3.63, 3.8) is 0 Å². The van der Waals surface area contributed by atoms with Crippen LogP contribution in [0.5, 0.6) is 0 Å². The standard InChI is InChI=1S/C16H20N4/c17-11-16(13-5-8-18-9-6-13)20-10-2-4-15(20)14-3-1-7-19-12-14/h1,3,5-9,12,15-16H,2,4,10-11,17H2. The molecule has 2 aromatic heterocycles. The normalized spacial score (nSPS) is 20.9. The Kier molecular flexibility index (Phi) is 4.04. The van der Waals surface area contributed by atoms with Gasteiger partial charge < -0.3 is 5.73 Å². The van der Waals surface area contributed by atoms with E-state index in [1.165, 1.54) is 24.0 Å². The minimum atomic E-state index is 0.255. The minimum absolute atomic E-state index is 0.255. The van der Waals surface area contributed by atoms with E-state index in [-0.39, 0.29) is 6.04 Å². The third kappa shape index (κ3) is 2.57. The van der Waals surface area contributed by atoms with Gasteiger partial charge in [0.25, 0.3) is 0 Å². The highest BCUT2D eigenvalue weighted by Gasteiger charge is 2.31. The van der Waals surface area contributed by atoms with Crippen LogP contribution in [-0.4, -0.2) is 28.0 Å². The summed E-state index contributed by atoms with van der Waals surface area (Å²) in [7, 11) is 0. The van der Waals surface area contributed by atoms with Crippen molar-refractivity contribution in [2.75, 3.05) is 13.1 Å². The number of nitrogens with zero attached hydrogens (tertiary/aromatic N) is 3. The van der Waals surface area contributed by atoms with Crippen molar-refractivity contribution in [3.8, 4) is 0 Å². The first kappa shape index (κ1) is 13.2. The van der Waals surface area contributed by atoms with Gasteiger partial charge >= 0.3 is 0 Å². The molecule has 1 saturated heterocycles. The van der Waals surface area contributed by atoms with E-state index in [0.29, 0.717) is 12.6 Å². The van der Waals surface area contributed by atoms with Gasteiger partial charge in [-0.15, -0.1) is 0 Å². The summed E-state index contributed by atoms with van der Waals surface area (Å²) in [4.78, 5) is 10.9. The Morgan fingerprint density at radius 3 is 2.75 bits per heavy atom. The van der Waals surface area contributed by atoms with E-state index in [0.717, 1.165) is 6.54 Å². The number of nitrogens with two attached hydrogens (primary N) is 1. The predicted octanol–water partition coefficient (Wildman–Crippen LogP) is 2.31. The van der Waals surface area contributed by atoms with Crippen molar-refractivity contribution in [1.82, 2.24) is 14.9 Å². The lowest BCUT2D eigenvalue weighted by molar-refractivity contribution is 0.185. The van der Waals surface area contributed by atoms with Crippen LogP contribution in [0.2, 0.25) is 0 Å². The Bertz CT molecular complexity index is 529. The van der Waals surface area contributed by atoms with E-state index >= 15 is 0 Å². The van der Waals surface area contributed by atoms with E-state index in [1.807, 2.05) is 30.9 Å². The molecular formula is C16H20N4. The van der Waals surface area contributed by atoms with Crippen molar-refractivity contribution in [1.29, 1.82) is 0 Å². The molecule has 0 bridgehead atoms. The van der Waals surface area contributed by atoms with E-state index in [4.69, 9.17) is 5.73 Å². The maximum absolute atomic E-state index is 6.05. The van der Waals surface area contributed by atoms with Gasteiger partial charge in [-0.05, 0) is 48.7 Å². The first-order chi connectivity index (χ1) is 9.90. The van der Waals surface area contributed by atoms with Crippen LogP contribution in [0, 0.1) is 0 Å². The molecule has 4 nitrogen and oxygen atoms in total. The zero-order chi connectivity index (χ0) is 13.8. The molecule has 1 aliphatic heterocycles. The molecule has 104 valence electrons. The summed E-state index contributed by atoms with van der Waals surface area (Å²) in [5.41, 5.74) is 8.58. The number of likely N-dealkylation sites (tertiary alicyclic amines) is 1. The summed E-state index contributed by atoms with van der Waals surface area (Å²) in [6.45, 7) is 1.71. The van der Waals surface area contributed by atoms with Crippen molar-refractivity contribution >= 4 is 0 Å². The molecule has 0 aromatic carbocycles. The lowest BCUT2D eigenvalue weighted by atomic mass is 10.0. The third-order valence-electron chi connectivity index (χ3n) is 4.08. The highest BCUT2D eigenvalue weighted by molar-refractivity contribution is 5.20. The summed E-state index contributed by atoms with van der Waals surface area (Å²) in [6.07, 6.45) is 9.86. The lowest BCUT2D eigenvalue weighted by Gasteiger charge is -2.32. The molecule has 4 heteroatoms. The Morgan fingerprint density at radius 1 is 1.20 bits per heavy atom. The van der Waals surface area contributed by atoms with Crippen molar-refractivity contribution < 1.29 is 0 Å². The van der Waals surface area contributed by atoms with Gasteiger partial charge in [-0.2, -0.15) is 0 Å². The fourth-order valence-corrected chi connectivity index (χ4v) is 3.14. The van der Waals surface area contributed by atoms with Crippen LogP contribution >= 0.6 is 0 Å². The Morgan fingerprint density at radius 2 is 2.05 bits per heavy atom. The highest BCUT2D eigenvalue weighted by Crippen LogP contribution is 2.37. The molecule has 20 heavy (non-hydrogen) atoms. The second kappa shape index (κ2) is 6.11. The minimum Gasteiger partial charge on any atom is -0.329 e. The average molecular weight is 268 g/mol. The van der Waals surface area contributed by atoms with Crippen LogP contribution < -0.4 is 5.73 Å². The summed E-state index contributed by atoms with van der Waals surface area (Å²) in [5, 5.41) is 0. The van der Waals surface area contributed by atoms with Crippen LogP contribution in [0.3, 0.4) is 0 Å². The molecule has 0 saturated carbocycles. The van der Waals surface area contributed by atoms with Crippen molar-refractivity contribution in [2.24, 2.45) is 5.73 Å². The highest BCUT2D eigenvalue weighted by atomic mass is 15.2. The zero-order valence-corrected chi connectivity index (χ0v) is 11.5. The lowest BCUT2D eigenvalue weighted by Crippen LogP contribution is -2.33. The number of hydrogen-bond donors (Lipinski definition) is 1. The van der Waals surface area contributed by atoms with E-state index in [9.17, 15) is 0 Å². The summed E-state index contributed by atoms with van der Waals surface area (Å²) in [5.74, 6) is 0. The summed E-state index contributed by atoms with van der Waals surface area (Å²) >= 11 is 0. The van der Waals surface area contributed by atoms with Crippen LogP contribution in [0.1, 0.15) is 36.1 Å². The maximum Gasteiger partial charge on any atom is 0.0477 e. The predicted molar refractivity (Wildman–Crippen MR) is 79.0 cm³/mol. The fraction of sp³-hybridized carbons (Fsp3) is 0.375. The second-order valence-electron chi connectivity index (χ2n) is 5.21. The molecule has 1 fully saturated rings. The molecule has 2 aromatic rings. The van der Waals surface area contributed by atoms with E-state index < -0.39 is 0 Å². The molecule has 3 rings (SSSR count). The molecule has 1 aliphatic rings. The van der Waals surface area contributed by atoms with Crippen LogP contribution in [0.15, 0.2) is 49.1 Å². The zero-order valence-electron chi connectivity index (χ0n) is 11.5. The van der Waals surface area contributed by atoms with Crippen LogP contribution in [-0.2, 0) is 0 Å². The largest absolute Gasteiger partial charge is 0.329 e. The number of hydrogen-bond acceptors (Lipinski definition) is 4. The summed E-state index contributed by atoms with van der Waals surface area (Å²) in [6, 6.07) is 8.98. The Labute approximate surface area is 119 Å². The van der Waals surface area contributed by atoms with Crippen molar-refractivity contribution in [3.05, 3.63) is 60.2 Å². The van der Waals surface area contributed by atoms with Gasteiger partial charge in [-0.1, -0.05) is 6.07 Å². The number of rotatable bonds is 4. The smallest absolute Gasteiger partial charge is 0.0477 e. The molecule has 0 amide bonds. The SMILES string of the molecule is NCC(c1ccncc1)N1CCCC1c1cccnc1. The van der Waals surface area contributed by atoms with Gasteiger partial charge in [-0.25, -0.2) is 0 Å². The molecule has 2 N–H and O–H groups in total. The molecule has 0 radical (unpaired) electrons. The molecule has 3 heterocycles. The number of pyridine rings is 2. The van der Waals surface area contributed by atoms with E-state index in [1.54, 1.807) is 0 Å². The van der Waals surface area contributed by atoms with Gasteiger partial charge in [0.2, 0.25) is 0 Å². The third-order valence-corrected chi connectivity index (χ3v) is 4.08. The summed E-state index contributed by atoms with van der Waals surface area (Å²) < 4.78 is 0. The molecule has 2 unspecified atom stereocenters. The molecule has 2 atom stereocenters. The number of aromatic nitrogens is 2. The van der Waals surface area contributed by atoms with Gasteiger partial charge in [0.15, 0.2) is 0 Å². The first-order valence-electron chi connectivity index (χ1n) is 7.16. The maximum atomic E-state index is 6.05. The van der Waals surface area contributed by atoms with Crippen molar-refractivity contribution in [2.45, 2.75) is 24.9 Å². The van der Waals surface area contributed by atoms with Gasteiger partial charge in [-0.3, -0.25) is 14.9 Å². The van der Waals surface area contributed by atoms with Crippen LogP contribution in [0.25, 0.3) is 0 Å². The van der Waals surface area contributed by atoms with Gasteiger partial charge in [0, 0.05) is 43.4 Å². The average Bonchev–Trinajstić information content (AvgIpc) is 2.99. The van der Waals surface area contributed by atoms with E-state index in [2.05, 4.69) is 33.1 Å². The first-order valence-corrected chi connectivity index (χ1v) is 7.16. The molecule has 0 aliphatic carbocycles. The Hall–Kier alpha value is -1.78.